The number of halogens is 3. The molecule has 0 aromatic carbocycles. The van der Waals surface area contributed by atoms with Crippen LogP contribution >= 0.6 is 0 Å². The van der Waals surface area contributed by atoms with E-state index < -0.39 is 11.9 Å². The highest BCUT2D eigenvalue weighted by molar-refractivity contribution is 5.42. The maximum absolute atomic E-state index is 12.7. The lowest BCUT2D eigenvalue weighted by atomic mass is 10.3. The molecule has 0 unspecified atom stereocenters. The zero-order valence-corrected chi connectivity index (χ0v) is 12.2. The fraction of sp³-hybridized carbons (Fsp3) is 0.667. The lowest BCUT2D eigenvalue weighted by molar-refractivity contribution is -0.141. The van der Waals surface area contributed by atoms with Crippen LogP contribution in [0.2, 0.25) is 0 Å². The Kier molecular flexibility index (Phi) is 6.63. The number of hydrogen-bond donors (Lipinski definition) is 3. The number of aromatic nitrogens is 2. The third-order valence-electron chi connectivity index (χ3n) is 3.00. The van der Waals surface area contributed by atoms with E-state index in [4.69, 9.17) is 5.84 Å². The molecule has 0 spiro atoms. The lowest BCUT2D eigenvalue weighted by Gasteiger charge is -2.18. The van der Waals surface area contributed by atoms with Crippen molar-refractivity contribution in [3.05, 3.63) is 11.8 Å². The molecule has 9 heteroatoms. The van der Waals surface area contributed by atoms with Crippen molar-refractivity contribution < 1.29 is 13.2 Å². The van der Waals surface area contributed by atoms with Crippen molar-refractivity contribution in [3.63, 3.8) is 0 Å². The molecule has 120 valence electrons. The average molecular weight is 306 g/mol. The van der Waals surface area contributed by atoms with Gasteiger partial charge in [0, 0.05) is 12.6 Å². The van der Waals surface area contributed by atoms with Gasteiger partial charge in [0.1, 0.15) is 5.82 Å². The fourth-order valence-corrected chi connectivity index (χ4v) is 1.81. The number of nitrogens with one attached hydrogen (secondary N) is 2. The summed E-state index contributed by atoms with van der Waals surface area (Å²) in [6.45, 7) is 7.42. The summed E-state index contributed by atoms with van der Waals surface area (Å²) in [5.41, 5.74) is 1.01. The standard InChI is InChI=1S/C12H21F3N6/c1-3-21(4-2)7-5-6-17-10-8-9(12(13,14)15)18-11(19-10)20-16/h8H,3-7,16H2,1-2H3,(H2,17,18,19,20). The van der Waals surface area contributed by atoms with Crippen LogP contribution in [0, 0.1) is 0 Å². The summed E-state index contributed by atoms with van der Waals surface area (Å²) in [5.74, 6) is 4.92. The van der Waals surface area contributed by atoms with E-state index in [0.717, 1.165) is 32.1 Å². The van der Waals surface area contributed by atoms with Crippen LogP contribution < -0.4 is 16.6 Å². The van der Waals surface area contributed by atoms with Gasteiger partial charge in [-0.3, -0.25) is 5.43 Å². The van der Waals surface area contributed by atoms with E-state index in [9.17, 15) is 13.2 Å². The summed E-state index contributed by atoms with van der Waals surface area (Å²) < 4.78 is 38.0. The first-order valence-electron chi connectivity index (χ1n) is 6.79. The van der Waals surface area contributed by atoms with E-state index in [1.807, 2.05) is 5.43 Å². The van der Waals surface area contributed by atoms with Crippen molar-refractivity contribution in [2.75, 3.05) is 36.9 Å². The molecule has 0 fully saturated rings. The number of nitrogens with two attached hydrogens (primary N) is 1. The number of hydrazine groups is 1. The highest BCUT2D eigenvalue weighted by Crippen LogP contribution is 2.29. The van der Waals surface area contributed by atoms with E-state index in [1.165, 1.54) is 0 Å². The first-order chi connectivity index (χ1) is 9.90. The fourth-order valence-electron chi connectivity index (χ4n) is 1.81. The average Bonchev–Trinajstić information content (AvgIpc) is 2.46. The molecule has 21 heavy (non-hydrogen) atoms. The van der Waals surface area contributed by atoms with Crippen LogP contribution in [0.25, 0.3) is 0 Å². The Bertz CT molecular complexity index is 433. The first kappa shape index (κ1) is 17.4. The van der Waals surface area contributed by atoms with Gasteiger partial charge in [-0.25, -0.2) is 10.8 Å². The van der Waals surface area contributed by atoms with E-state index in [2.05, 4.69) is 34.0 Å². The second-order valence-corrected chi connectivity index (χ2v) is 4.41. The van der Waals surface area contributed by atoms with Gasteiger partial charge >= 0.3 is 6.18 Å². The van der Waals surface area contributed by atoms with Gasteiger partial charge in [0.15, 0.2) is 5.69 Å². The van der Waals surface area contributed by atoms with Gasteiger partial charge in [-0.15, -0.1) is 0 Å². The van der Waals surface area contributed by atoms with Crippen LogP contribution in [0.5, 0.6) is 0 Å². The number of rotatable bonds is 8. The minimum atomic E-state index is -4.54. The van der Waals surface area contributed by atoms with Crippen LogP contribution in [-0.2, 0) is 6.18 Å². The van der Waals surface area contributed by atoms with Gasteiger partial charge < -0.3 is 10.2 Å². The van der Waals surface area contributed by atoms with Crippen LogP contribution in [0.1, 0.15) is 26.0 Å². The molecule has 1 aromatic rings. The zero-order valence-electron chi connectivity index (χ0n) is 12.2. The molecule has 0 atom stereocenters. The zero-order chi connectivity index (χ0) is 15.9. The Hall–Kier alpha value is -1.61. The largest absolute Gasteiger partial charge is 0.433 e. The summed E-state index contributed by atoms with van der Waals surface area (Å²) in [7, 11) is 0. The summed E-state index contributed by atoms with van der Waals surface area (Å²) in [6, 6.07) is 0.873. The van der Waals surface area contributed by atoms with Gasteiger partial charge in [-0.05, 0) is 26.1 Å². The third kappa shape index (κ3) is 5.72. The smallest absolute Gasteiger partial charge is 0.370 e. The normalized spacial score (nSPS) is 11.8. The predicted molar refractivity (Wildman–Crippen MR) is 75.7 cm³/mol. The van der Waals surface area contributed by atoms with Crippen LogP contribution in [0.15, 0.2) is 6.07 Å². The quantitative estimate of drug-likeness (QED) is 0.387. The molecule has 6 nitrogen and oxygen atoms in total. The van der Waals surface area contributed by atoms with Gasteiger partial charge in [0.25, 0.3) is 0 Å². The Morgan fingerprint density at radius 2 is 1.90 bits per heavy atom. The van der Waals surface area contributed by atoms with Crippen molar-refractivity contribution in [1.82, 2.24) is 14.9 Å². The molecule has 0 aliphatic heterocycles. The number of nitrogens with zero attached hydrogens (tertiary/aromatic N) is 3. The van der Waals surface area contributed by atoms with Gasteiger partial charge in [0.05, 0.1) is 0 Å². The van der Waals surface area contributed by atoms with Crippen molar-refractivity contribution >= 4 is 11.8 Å². The molecule has 0 bridgehead atoms. The molecule has 0 amide bonds. The monoisotopic (exact) mass is 306 g/mol. The number of anilines is 2. The van der Waals surface area contributed by atoms with Crippen molar-refractivity contribution in [1.29, 1.82) is 0 Å². The van der Waals surface area contributed by atoms with E-state index >= 15 is 0 Å². The minimum Gasteiger partial charge on any atom is -0.370 e. The summed E-state index contributed by atoms with van der Waals surface area (Å²) in [5, 5.41) is 2.86. The molecule has 0 saturated heterocycles. The molecule has 0 aliphatic rings. The van der Waals surface area contributed by atoms with E-state index in [0.29, 0.717) is 6.54 Å². The second-order valence-electron chi connectivity index (χ2n) is 4.41. The minimum absolute atomic E-state index is 0.102. The number of nitrogen functional groups attached to an aromatic ring is 1. The Labute approximate surface area is 121 Å². The molecule has 1 aromatic heterocycles. The van der Waals surface area contributed by atoms with Crippen LogP contribution in [-0.4, -0.2) is 41.0 Å². The molecule has 1 heterocycles. The van der Waals surface area contributed by atoms with E-state index in [1.54, 1.807) is 0 Å². The Morgan fingerprint density at radius 3 is 2.43 bits per heavy atom. The summed E-state index contributed by atoms with van der Waals surface area (Å²) >= 11 is 0. The second kappa shape index (κ2) is 7.99. The molecule has 4 N–H and O–H groups in total. The number of hydrogen-bond acceptors (Lipinski definition) is 6. The van der Waals surface area contributed by atoms with Crippen molar-refractivity contribution in [2.24, 2.45) is 5.84 Å². The molecular weight excluding hydrogens is 285 g/mol. The molecular formula is C12H21F3N6. The van der Waals surface area contributed by atoms with Gasteiger partial charge in [0.2, 0.25) is 5.95 Å². The topological polar surface area (TPSA) is 79.1 Å². The highest BCUT2D eigenvalue weighted by atomic mass is 19.4. The van der Waals surface area contributed by atoms with Crippen LogP contribution in [0.4, 0.5) is 24.9 Å². The van der Waals surface area contributed by atoms with Gasteiger partial charge in [-0.2, -0.15) is 18.2 Å². The molecule has 1 rings (SSSR count). The predicted octanol–water partition coefficient (Wildman–Crippen LogP) is 1.92. The van der Waals surface area contributed by atoms with Crippen molar-refractivity contribution in [2.45, 2.75) is 26.4 Å². The summed E-state index contributed by atoms with van der Waals surface area (Å²) in [4.78, 5) is 9.37. The molecule has 0 radical (unpaired) electrons. The van der Waals surface area contributed by atoms with Crippen molar-refractivity contribution in [3.8, 4) is 0 Å². The van der Waals surface area contributed by atoms with Gasteiger partial charge in [-0.1, -0.05) is 13.8 Å². The maximum Gasteiger partial charge on any atom is 0.433 e. The first-order valence-corrected chi connectivity index (χ1v) is 6.79. The SMILES string of the molecule is CCN(CC)CCCNc1cc(C(F)(F)F)nc(NN)n1. The lowest BCUT2D eigenvalue weighted by Crippen LogP contribution is -2.25. The Balaban J connectivity index is 2.62. The maximum atomic E-state index is 12.7. The number of alkyl halides is 3. The molecule has 0 saturated carbocycles. The summed E-state index contributed by atoms with van der Waals surface area (Å²) in [6.07, 6.45) is -3.73. The van der Waals surface area contributed by atoms with Crippen LogP contribution in [0.3, 0.4) is 0 Å². The third-order valence-corrected chi connectivity index (χ3v) is 3.00. The highest BCUT2D eigenvalue weighted by Gasteiger charge is 2.33. The Morgan fingerprint density at radius 1 is 1.24 bits per heavy atom. The molecule has 0 aliphatic carbocycles. The van der Waals surface area contributed by atoms with E-state index in [-0.39, 0.29) is 11.8 Å².